The van der Waals surface area contributed by atoms with Gasteiger partial charge in [-0.05, 0) is 44.4 Å². The Labute approximate surface area is 141 Å². The lowest BCUT2D eigenvalue weighted by molar-refractivity contribution is -0.144. The van der Waals surface area contributed by atoms with Crippen LogP contribution in [-0.4, -0.2) is 49.1 Å². The molecule has 1 fully saturated rings. The molecule has 1 aliphatic rings. The first-order valence-corrected chi connectivity index (χ1v) is 9.61. The fourth-order valence-corrected chi connectivity index (χ4v) is 3.61. The number of aliphatic carboxylic acids is 1. The van der Waals surface area contributed by atoms with Crippen molar-refractivity contribution in [2.45, 2.75) is 32.7 Å². The molecule has 0 spiro atoms. The molecule has 8 heteroatoms. The van der Waals surface area contributed by atoms with Crippen LogP contribution in [0.2, 0.25) is 0 Å². The normalized spacial score (nSPS) is 21.4. The standard InChI is InChI=1S/C16H22N2O5S/c1-10-6-7-12(9-14(10)17-24(3,22)23)15(19)18-8-4-5-13(11(18)2)16(20)21/h6-7,9,11,13,17H,4-5,8H2,1-3H3,(H,20,21)/t11-,13-/m1/s1. The van der Waals surface area contributed by atoms with Crippen LogP contribution in [-0.2, 0) is 14.8 Å². The van der Waals surface area contributed by atoms with Crippen molar-refractivity contribution >= 4 is 27.6 Å². The van der Waals surface area contributed by atoms with Gasteiger partial charge in [0.25, 0.3) is 5.91 Å². The first-order chi connectivity index (χ1) is 11.1. The molecule has 0 bridgehead atoms. The number of carboxylic acid groups (broad SMARTS) is 1. The number of carbonyl (C=O) groups is 2. The van der Waals surface area contributed by atoms with Crippen molar-refractivity contribution in [3.05, 3.63) is 29.3 Å². The number of hydrogen-bond acceptors (Lipinski definition) is 4. The number of hydrogen-bond donors (Lipinski definition) is 2. The molecular formula is C16H22N2O5S. The molecule has 0 aromatic heterocycles. The SMILES string of the molecule is Cc1ccc(C(=O)N2CCC[C@@H](C(=O)O)[C@H]2C)cc1NS(C)(=O)=O. The zero-order chi connectivity index (χ0) is 18.1. The Kier molecular flexibility index (Phi) is 5.17. The number of carboxylic acids is 1. The quantitative estimate of drug-likeness (QED) is 0.856. The smallest absolute Gasteiger partial charge is 0.308 e. The largest absolute Gasteiger partial charge is 0.481 e. The molecule has 1 aromatic carbocycles. The van der Waals surface area contributed by atoms with Crippen LogP contribution in [0.25, 0.3) is 0 Å². The van der Waals surface area contributed by atoms with Crippen molar-refractivity contribution in [1.82, 2.24) is 4.90 Å². The van der Waals surface area contributed by atoms with E-state index in [9.17, 15) is 23.1 Å². The van der Waals surface area contributed by atoms with Crippen molar-refractivity contribution in [2.75, 3.05) is 17.5 Å². The van der Waals surface area contributed by atoms with Gasteiger partial charge in [-0.25, -0.2) is 8.42 Å². The number of sulfonamides is 1. The molecule has 2 N–H and O–H groups in total. The zero-order valence-corrected chi connectivity index (χ0v) is 14.8. The Morgan fingerprint density at radius 1 is 1.33 bits per heavy atom. The number of nitrogens with zero attached hydrogens (tertiary/aromatic N) is 1. The molecule has 1 heterocycles. The maximum absolute atomic E-state index is 12.8. The predicted molar refractivity (Wildman–Crippen MR) is 90.5 cm³/mol. The summed E-state index contributed by atoms with van der Waals surface area (Å²) in [5.41, 5.74) is 1.39. The Bertz CT molecular complexity index is 760. The maximum atomic E-state index is 12.8. The van der Waals surface area contributed by atoms with E-state index in [0.29, 0.717) is 36.2 Å². The van der Waals surface area contributed by atoms with Gasteiger partial charge in [0.2, 0.25) is 10.0 Å². The molecule has 2 atom stereocenters. The number of amides is 1. The molecule has 7 nitrogen and oxygen atoms in total. The van der Waals surface area contributed by atoms with Gasteiger partial charge in [-0.15, -0.1) is 0 Å². The lowest BCUT2D eigenvalue weighted by atomic mass is 9.89. The minimum atomic E-state index is -3.45. The van der Waals surface area contributed by atoms with Gasteiger partial charge >= 0.3 is 5.97 Å². The van der Waals surface area contributed by atoms with Crippen LogP contribution in [0.4, 0.5) is 5.69 Å². The fourth-order valence-electron chi connectivity index (χ4n) is 2.99. The van der Waals surface area contributed by atoms with Crippen molar-refractivity contribution in [3.8, 4) is 0 Å². The summed E-state index contributed by atoms with van der Waals surface area (Å²) in [5.74, 6) is -1.77. The van der Waals surface area contributed by atoms with Gasteiger partial charge in [-0.1, -0.05) is 6.07 Å². The van der Waals surface area contributed by atoms with Crippen molar-refractivity contribution in [2.24, 2.45) is 5.92 Å². The number of aryl methyl sites for hydroxylation is 1. The molecule has 24 heavy (non-hydrogen) atoms. The molecule has 132 valence electrons. The van der Waals surface area contributed by atoms with Crippen molar-refractivity contribution in [1.29, 1.82) is 0 Å². The molecular weight excluding hydrogens is 332 g/mol. The Hall–Kier alpha value is -2.09. The first kappa shape index (κ1) is 18.3. The Balaban J connectivity index is 2.29. The van der Waals surface area contributed by atoms with Crippen molar-refractivity contribution < 1.29 is 23.1 Å². The van der Waals surface area contributed by atoms with Crippen LogP contribution in [0.5, 0.6) is 0 Å². The van der Waals surface area contributed by atoms with E-state index in [1.165, 1.54) is 6.07 Å². The van der Waals surface area contributed by atoms with Crippen LogP contribution in [0.3, 0.4) is 0 Å². The first-order valence-electron chi connectivity index (χ1n) is 7.72. The Morgan fingerprint density at radius 3 is 2.58 bits per heavy atom. The van der Waals surface area contributed by atoms with Crippen LogP contribution in [0.15, 0.2) is 18.2 Å². The highest BCUT2D eigenvalue weighted by molar-refractivity contribution is 7.92. The summed E-state index contributed by atoms with van der Waals surface area (Å²) in [7, 11) is -3.45. The minimum Gasteiger partial charge on any atom is -0.481 e. The molecule has 0 radical (unpaired) electrons. The van der Waals surface area contributed by atoms with Gasteiger partial charge in [-0.2, -0.15) is 0 Å². The lowest BCUT2D eigenvalue weighted by Crippen LogP contribution is -2.49. The van der Waals surface area contributed by atoms with Gasteiger partial charge in [-0.3, -0.25) is 14.3 Å². The second-order valence-corrected chi connectivity index (χ2v) is 7.98. The summed E-state index contributed by atoms with van der Waals surface area (Å²) < 4.78 is 25.3. The van der Waals surface area contributed by atoms with Gasteiger partial charge in [0, 0.05) is 18.2 Å². The average molecular weight is 354 g/mol. The van der Waals surface area contributed by atoms with Crippen LogP contribution in [0.1, 0.15) is 35.7 Å². The van der Waals surface area contributed by atoms with Crippen LogP contribution >= 0.6 is 0 Å². The summed E-state index contributed by atoms with van der Waals surface area (Å²) >= 11 is 0. The number of rotatable bonds is 4. The summed E-state index contributed by atoms with van der Waals surface area (Å²) in [6.07, 6.45) is 2.23. The average Bonchev–Trinajstić information content (AvgIpc) is 2.47. The molecule has 1 aliphatic heterocycles. The number of carbonyl (C=O) groups excluding carboxylic acids is 1. The summed E-state index contributed by atoms with van der Waals surface area (Å²) in [6, 6.07) is 4.39. The number of likely N-dealkylation sites (tertiary alicyclic amines) is 1. The third-order valence-electron chi connectivity index (χ3n) is 4.35. The van der Waals surface area contributed by atoms with Crippen LogP contribution in [0, 0.1) is 12.8 Å². The number of benzene rings is 1. The van der Waals surface area contributed by atoms with E-state index in [2.05, 4.69) is 4.72 Å². The van der Waals surface area contributed by atoms with Gasteiger partial charge < -0.3 is 10.0 Å². The summed E-state index contributed by atoms with van der Waals surface area (Å²) in [5, 5.41) is 9.27. The summed E-state index contributed by atoms with van der Waals surface area (Å²) in [4.78, 5) is 25.6. The number of piperidine rings is 1. The predicted octanol–water partition coefficient (Wildman–Crippen LogP) is 1.69. The third kappa shape index (κ3) is 4.05. The summed E-state index contributed by atoms with van der Waals surface area (Å²) in [6.45, 7) is 3.97. The van der Waals surface area contributed by atoms with E-state index in [1.54, 1.807) is 30.9 Å². The number of nitrogens with one attached hydrogen (secondary N) is 1. The highest BCUT2D eigenvalue weighted by atomic mass is 32.2. The maximum Gasteiger partial charge on any atom is 0.308 e. The molecule has 2 rings (SSSR count). The molecule has 1 aromatic rings. The molecule has 0 unspecified atom stereocenters. The second-order valence-electron chi connectivity index (χ2n) is 6.23. The van der Waals surface area contributed by atoms with Crippen LogP contribution < -0.4 is 4.72 Å². The van der Waals surface area contributed by atoms with E-state index >= 15 is 0 Å². The Morgan fingerprint density at radius 2 is 2.00 bits per heavy atom. The molecule has 1 saturated heterocycles. The highest BCUT2D eigenvalue weighted by Crippen LogP contribution is 2.26. The highest BCUT2D eigenvalue weighted by Gasteiger charge is 2.35. The van der Waals surface area contributed by atoms with E-state index < -0.39 is 28.0 Å². The molecule has 0 saturated carbocycles. The van der Waals surface area contributed by atoms with Gasteiger partial charge in [0.1, 0.15) is 0 Å². The fraction of sp³-hybridized carbons (Fsp3) is 0.500. The monoisotopic (exact) mass is 354 g/mol. The van der Waals surface area contributed by atoms with E-state index in [0.717, 1.165) is 6.26 Å². The third-order valence-corrected chi connectivity index (χ3v) is 4.94. The van der Waals surface area contributed by atoms with Crippen molar-refractivity contribution in [3.63, 3.8) is 0 Å². The zero-order valence-electron chi connectivity index (χ0n) is 13.9. The van der Waals surface area contributed by atoms with Gasteiger partial charge in [0.05, 0.1) is 17.9 Å². The van der Waals surface area contributed by atoms with E-state index in [1.807, 2.05) is 0 Å². The van der Waals surface area contributed by atoms with Gasteiger partial charge in [0.15, 0.2) is 0 Å². The topological polar surface area (TPSA) is 104 Å². The molecule has 1 amide bonds. The molecule has 0 aliphatic carbocycles. The second kappa shape index (κ2) is 6.80. The lowest BCUT2D eigenvalue weighted by Gasteiger charge is -2.37. The van der Waals surface area contributed by atoms with E-state index in [-0.39, 0.29) is 5.91 Å². The number of anilines is 1. The van der Waals surface area contributed by atoms with E-state index in [4.69, 9.17) is 0 Å². The minimum absolute atomic E-state index is 0.287.